The van der Waals surface area contributed by atoms with Crippen LogP contribution in [0.5, 0.6) is 0 Å². The maximum atomic E-state index is 8.73. The molecule has 0 aliphatic carbocycles. The van der Waals surface area contributed by atoms with Gasteiger partial charge in [0.15, 0.2) is 5.82 Å². The van der Waals surface area contributed by atoms with Gasteiger partial charge in [-0.05, 0) is 25.7 Å². The molecule has 0 aromatic carbocycles. The molecule has 1 saturated heterocycles. The van der Waals surface area contributed by atoms with Crippen LogP contribution in [-0.4, -0.2) is 52.6 Å². The highest BCUT2D eigenvalue weighted by Gasteiger charge is 2.21. The van der Waals surface area contributed by atoms with E-state index in [1.54, 1.807) is 0 Å². The Hall–Kier alpha value is -0.980. The minimum atomic E-state index is 0.205. The first-order valence-corrected chi connectivity index (χ1v) is 7.58. The standard InChI is InChI=1S/C14H25N3O3/c1-2-4-14-15-13(16-20-14)11-17-7-5-12(6-8-17)19-10-3-9-18/h12,18H,2-11H2,1H3. The quantitative estimate of drug-likeness (QED) is 0.727. The lowest BCUT2D eigenvalue weighted by Crippen LogP contribution is -2.37. The third kappa shape index (κ3) is 4.85. The topological polar surface area (TPSA) is 71.6 Å². The first-order valence-electron chi connectivity index (χ1n) is 7.58. The van der Waals surface area contributed by atoms with Crippen LogP contribution in [0.1, 0.15) is 44.3 Å². The number of nitrogens with zero attached hydrogens (tertiary/aromatic N) is 3. The van der Waals surface area contributed by atoms with Gasteiger partial charge in [0.1, 0.15) is 0 Å². The van der Waals surface area contributed by atoms with Crippen LogP contribution in [0.4, 0.5) is 0 Å². The number of aryl methyl sites for hydroxylation is 1. The van der Waals surface area contributed by atoms with Crippen LogP contribution in [0, 0.1) is 0 Å². The van der Waals surface area contributed by atoms with Crippen molar-refractivity contribution >= 4 is 0 Å². The van der Waals surface area contributed by atoms with Crippen LogP contribution in [-0.2, 0) is 17.7 Å². The Bertz CT molecular complexity index is 375. The van der Waals surface area contributed by atoms with Crippen LogP contribution in [0.2, 0.25) is 0 Å². The number of aliphatic hydroxyl groups is 1. The van der Waals surface area contributed by atoms with E-state index in [2.05, 4.69) is 22.0 Å². The fourth-order valence-corrected chi connectivity index (χ4v) is 2.42. The van der Waals surface area contributed by atoms with E-state index in [1.165, 1.54) is 0 Å². The smallest absolute Gasteiger partial charge is 0.226 e. The molecule has 1 aromatic heterocycles. The van der Waals surface area contributed by atoms with Crippen molar-refractivity contribution in [2.24, 2.45) is 0 Å². The van der Waals surface area contributed by atoms with E-state index >= 15 is 0 Å². The van der Waals surface area contributed by atoms with Crippen LogP contribution >= 0.6 is 0 Å². The second-order valence-corrected chi connectivity index (χ2v) is 5.28. The van der Waals surface area contributed by atoms with Gasteiger partial charge in [0.2, 0.25) is 5.89 Å². The molecule has 0 spiro atoms. The molecule has 6 nitrogen and oxygen atoms in total. The summed E-state index contributed by atoms with van der Waals surface area (Å²) in [5.74, 6) is 1.53. The van der Waals surface area contributed by atoms with Gasteiger partial charge in [0, 0.05) is 32.7 Å². The van der Waals surface area contributed by atoms with Crippen LogP contribution in [0.15, 0.2) is 4.52 Å². The minimum Gasteiger partial charge on any atom is -0.396 e. The zero-order valence-corrected chi connectivity index (χ0v) is 12.3. The predicted octanol–water partition coefficient (Wildman–Crippen LogP) is 1.39. The van der Waals surface area contributed by atoms with E-state index in [0.717, 1.165) is 63.5 Å². The highest BCUT2D eigenvalue weighted by Crippen LogP contribution is 2.15. The number of rotatable bonds is 8. The zero-order chi connectivity index (χ0) is 14.2. The molecule has 2 rings (SSSR count). The molecule has 0 amide bonds. The van der Waals surface area contributed by atoms with E-state index in [-0.39, 0.29) is 6.61 Å². The molecule has 2 heterocycles. The molecule has 0 saturated carbocycles. The zero-order valence-electron chi connectivity index (χ0n) is 12.3. The highest BCUT2D eigenvalue weighted by atomic mass is 16.5. The Morgan fingerprint density at radius 3 is 2.90 bits per heavy atom. The lowest BCUT2D eigenvalue weighted by Gasteiger charge is -2.30. The molecule has 0 radical (unpaired) electrons. The molecule has 20 heavy (non-hydrogen) atoms. The average molecular weight is 283 g/mol. The number of aliphatic hydroxyl groups excluding tert-OH is 1. The van der Waals surface area contributed by atoms with Crippen LogP contribution in [0.25, 0.3) is 0 Å². The van der Waals surface area contributed by atoms with Gasteiger partial charge >= 0.3 is 0 Å². The second kappa shape index (κ2) is 8.34. The molecule has 1 aliphatic rings. The summed E-state index contributed by atoms with van der Waals surface area (Å²) in [6.45, 7) is 5.73. The van der Waals surface area contributed by atoms with Gasteiger partial charge < -0.3 is 14.4 Å². The molecule has 6 heteroatoms. The van der Waals surface area contributed by atoms with Crippen molar-refractivity contribution in [3.63, 3.8) is 0 Å². The Kier molecular flexibility index (Phi) is 6.42. The van der Waals surface area contributed by atoms with Crippen molar-refractivity contribution in [1.82, 2.24) is 15.0 Å². The van der Waals surface area contributed by atoms with E-state index < -0.39 is 0 Å². The monoisotopic (exact) mass is 283 g/mol. The summed E-state index contributed by atoms with van der Waals surface area (Å²) in [6.07, 6.45) is 5.00. The van der Waals surface area contributed by atoms with Crippen LogP contribution < -0.4 is 0 Å². The number of ether oxygens (including phenoxy) is 1. The maximum Gasteiger partial charge on any atom is 0.226 e. The van der Waals surface area contributed by atoms with Gasteiger partial charge in [-0.2, -0.15) is 4.98 Å². The number of piperidine rings is 1. The Labute approximate surface area is 120 Å². The van der Waals surface area contributed by atoms with E-state index in [0.29, 0.717) is 12.7 Å². The first-order chi connectivity index (χ1) is 9.81. The third-order valence-electron chi connectivity index (χ3n) is 3.53. The normalized spacial score (nSPS) is 17.7. The summed E-state index contributed by atoms with van der Waals surface area (Å²) < 4.78 is 10.9. The number of likely N-dealkylation sites (tertiary alicyclic amines) is 1. The molecule has 1 aliphatic heterocycles. The summed E-state index contributed by atoms with van der Waals surface area (Å²) >= 11 is 0. The van der Waals surface area contributed by atoms with Crippen molar-refractivity contribution in [3.05, 3.63) is 11.7 Å². The summed E-state index contributed by atoms with van der Waals surface area (Å²) in [5.41, 5.74) is 0. The van der Waals surface area contributed by atoms with Gasteiger partial charge in [-0.25, -0.2) is 0 Å². The Morgan fingerprint density at radius 2 is 2.20 bits per heavy atom. The van der Waals surface area contributed by atoms with Crippen molar-refractivity contribution in [2.45, 2.75) is 51.7 Å². The number of hydrogen-bond acceptors (Lipinski definition) is 6. The molecular formula is C14H25N3O3. The summed E-state index contributed by atoms with van der Waals surface area (Å²) in [5, 5.41) is 12.8. The summed E-state index contributed by atoms with van der Waals surface area (Å²) in [6, 6.07) is 0. The number of aromatic nitrogens is 2. The predicted molar refractivity (Wildman–Crippen MR) is 74.2 cm³/mol. The van der Waals surface area contributed by atoms with Crippen molar-refractivity contribution in [3.8, 4) is 0 Å². The summed E-state index contributed by atoms with van der Waals surface area (Å²) in [4.78, 5) is 6.74. The molecule has 1 fully saturated rings. The van der Waals surface area contributed by atoms with E-state index in [4.69, 9.17) is 14.4 Å². The van der Waals surface area contributed by atoms with Crippen molar-refractivity contribution in [1.29, 1.82) is 0 Å². The van der Waals surface area contributed by atoms with Crippen molar-refractivity contribution in [2.75, 3.05) is 26.3 Å². The van der Waals surface area contributed by atoms with Gasteiger partial charge in [-0.3, -0.25) is 4.90 Å². The Morgan fingerprint density at radius 1 is 1.40 bits per heavy atom. The average Bonchev–Trinajstić information content (AvgIpc) is 2.89. The lowest BCUT2D eigenvalue weighted by molar-refractivity contribution is 0.000253. The maximum absolute atomic E-state index is 8.73. The third-order valence-corrected chi connectivity index (χ3v) is 3.53. The highest BCUT2D eigenvalue weighted by molar-refractivity contribution is 4.87. The molecular weight excluding hydrogens is 258 g/mol. The lowest BCUT2D eigenvalue weighted by atomic mass is 10.1. The molecule has 1 N–H and O–H groups in total. The van der Waals surface area contributed by atoms with E-state index in [9.17, 15) is 0 Å². The SMILES string of the molecule is CCCc1nc(CN2CCC(OCCCO)CC2)no1. The van der Waals surface area contributed by atoms with Gasteiger partial charge in [-0.1, -0.05) is 12.1 Å². The van der Waals surface area contributed by atoms with Crippen molar-refractivity contribution < 1.29 is 14.4 Å². The minimum absolute atomic E-state index is 0.205. The molecule has 0 atom stereocenters. The largest absolute Gasteiger partial charge is 0.396 e. The van der Waals surface area contributed by atoms with Gasteiger partial charge in [0.25, 0.3) is 0 Å². The van der Waals surface area contributed by atoms with Crippen LogP contribution in [0.3, 0.4) is 0 Å². The Balaban J connectivity index is 1.68. The van der Waals surface area contributed by atoms with Gasteiger partial charge in [-0.15, -0.1) is 0 Å². The molecule has 0 unspecified atom stereocenters. The summed E-state index contributed by atoms with van der Waals surface area (Å²) in [7, 11) is 0. The first kappa shape index (κ1) is 15.4. The fraction of sp³-hybridized carbons (Fsp3) is 0.857. The second-order valence-electron chi connectivity index (χ2n) is 5.28. The number of hydrogen-bond donors (Lipinski definition) is 1. The fourth-order valence-electron chi connectivity index (χ4n) is 2.42. The molecule has 0 bridgehead atoms. The van der Waals surface area contributed by atoms with Gasteiger partial charge in [0.05, 0.1) is 12.6 Å². The molecule has 114 valence electrons. The molecule has 1 aromatic rings. The van der Waals surface area contributed by atoms with E-state index in [1.807, 2.05) is 0 Å².